The summed E-state index contributed by atoms with van der Waals surface area (Å²) in [6.45, 7) is 0. The molecule has 0 radical (unpaired) electrons. The molecule has 0 N–H and O–H groups in total. The van der Waals surface area contributed by atoms with E-state index in [0.29, 0.717) is 5.92 Å². The highest BCUT2D eigenvalue weighted by Gasteiger charge is 2.48. The first kappa shape index (κ1) is 10.3. The lowest BCUT2D eigenvalue weighted by Crippen LogP contribution is -2.41. The Hall–Kier alpha value is -1.56. The average molecular weight is 246 g/mol. The standard InChI is InChI=1S/C19H18/c1-2-7-15-13(5-1)14-6-3-4-8-16(14)19-17(15)10-9-12-11-18(12)19/h1-8,12,15,17-18H,9-11H2. The minimum atomic E-state index is 0.649. The molecule has 0 saturated heterocycles. The summed E-state index contributed by atoms with van der Waals surface area (Å²) in [6.07, 6.45) is 13.6. The zero-order chi connectivity index (χ0) is 12.4. The predicted molar refractivity (Wildman–Crippen MR) is 78.6 cm³/mol. The molecule has 0 aliphatic heterocycles. The second-order valence-corrected chi connectivity index (χ2v) is 6.51. The van der Waals surface area contributed by atoms with Crippen LogP contribution in [-0.4, -0.2) is 0 Å². The van der Waals surface area contributed by atoms with Crippen LogP contribution in [0.4, 0.5) is 0 Å². The monoisotopic (exact) mass is 246 g/mol. The van der Waals surface area contributed by atoms with E-state index in [9.17, 15) is 0 Å². The van der Waals surface area contributed by atoms with Gasteiger partial charge in [-0.15, -0.1) is 0 Å². The van der Waals surface area contributed by atoms with Crippen molar-refractivity contribution in [2.75, 3.05) is 0 Å². The van der Waals surface area contributed by atoms with Gasteiger partial charge in [-0.2, -0.15) is 0 Å². The molecule has 0 bridgehead atoms. The summed E-state index contributed by atoms with van der Waals surface area (Å²) in [5.41, 5.74) is 3.37. The Balaban J connectivity index is 1.91. The molecular weight excluding hydrogens is 228 g/mol. The van der Waals surface area contributed by atoms with Crippen molar-refractivity contribution in [1.82, 2.24) is 0 Å². The Bertz CT molecular complexity index is 732. The number of rotatable bonds is 0. The third kappa shape index (κ3) is 1.30. The number of fused-ring (bicyclic) bond motifs is 6. The summed E-state index contributed by atoms with van der Waals surface area (Å²) >= 11 is 0. The number of hydrogen-bond acceptors (Lipinski definition) is 0. The van der Waals surface area contributed by atoms with Crippen molar-refractivity contribution in [2.24, 2.45) is 23.7 Å². The van der Waals surface area contributed by atoms with E-state index in [2.05, 4.69) is 48.6 Å². The summed E-state index contributed by atoms with van der Waals surface area (Å²) < 4.78 is 0. The van der Waals surface area contributed by atoms with Crippen molar-refractivity contribution >= 4 is 11.1 Å². The van der Waals surface area contributed by atoms with Crippen molar-refractivity contribution in [1.29, 1.82) is 0 Å². The molecule has 0 amide bonds. The Kier molecular flexibility index (Phi) is 1.89. The van der Waals surface area contributed by atoms with Crippen LogP contribution in [0.3, 0.4) is 0 Å². The summed E-state index contributed by atoms with van der Waals surface area (Å²) in [5.74, 6) is 3.37. The zero-order valence-corrected chi connectivity index (χ0v) is 11.0. The maximum absolute atomic E-state index is 2.44. The largest absolute Gasteiger partial charge is 0.0764 e. The van der Waals surface area contributed by atoms with E-state index in [4.69, 9.17) is 0 Å². The molecule has 0 spiro atoms. The highest BCUT2D eigenvalue weighted by molar-refractivity contribution is 5.73. The second-order valence-electron chi connectivity index (χ2n) is 6.51. The Morgan fingerprint density at radius 3 is 2.74 bits per heavy atom. The van der Waals surface area contributed by atoms with Gasteiger partial charge in [0.2, 0.25) is 0 Å². The molecule has 0 heteroatoms. The van der Waals surface area contributed by atoms with E-state index in [-0.39, 0.29) is 0 Å². The van der Waals surface area contributed by atoms with Gasteiger partial charge in [-0.1, -0.05) is 54.1 Å². The first-order chi connectivity index (χ1) is 9.43. The van der Waals surface area contributed by atoms with Crippen molar-refractivity contribution < 1.29 is 0 Å². The Morgan fingerprint density at radius 1 is 0.895 bits per heavy atom. The Morgan fingerprint density at radius 2 is 1.79 bits per heavy atom. The number of hydrogen-bond donors (Lipinski definition) is 0. The lowest BCUT2D eigenvalue weighted by molar-refractivity contribution is 0.439. The topological polar surface area (TPSA) is 0 Å². The zero-order valence-electron chi connectivity index (χ0n) is 11.0. The molecule has 4 aliphatic rings. The van der Waals surface area contributed by atoms with Crippen molar-refractivity contribution in [3.05, 3.63) is 59.0 Å². The van der Waals surface area contributed by atoms with Crippen molar-refractivity contribution in [3.63, 3.8) is 0 Å². The van der Waals surface area contributed by atoms with Gasteiger partial charge in [0.05, 0.1) is 0 Å². The minimum Gasteiger partial charge on any atom is -0.0764 e. The van der Waals surface area contributed by atoms with Gasteiger partial charge in [-0.05, 0) is 53.0 Å². The average Bonchev–Trinajstić information content (AvgIpc) is 3.26. The molecule has 1 aromatic carbocycles. The van der Waals surface area contributed by atoms with E-state index >= 15 is 0 Å². The molecular formula is C19H18. The number of allylic oxidation sites excluding steroid dienone is 4. The molecule has 94 valence electrons. The van der Waals surface area contributed by atoms with Gasteiger partial charge in [0.25, 0.3) is 0 Å². The van der Waals surface area contributed by atoms with E-state index in [1.165, 1.54) is 24.5 Å². The SMILES string of the molecule is C1=CC2=c3ccccc3=C3C4CC4CCC3C2C=C1. The van der Waals surface area contributed by atoms with Crippen LogP contribution in [-0.2, 0) is 0 Å². The van der Waals surface area contributed by atoms with E-state index in [1.54, 1.807) is 16.4 Å². The smallest absolute Gasteiger partial charge is 0.00931 e. The highest BCUT2D eigenvalue weighted by Crippen LogP contribution is 2.58. The fourth-order valence-electron chi connectivity index (χ4n) is 4.71. The molecule has 4 aliphatic carbocycles. The first-order valence-electron chi connectivity index (χ1n) is 7.62. The lowest BCUT2D eigenvalue weighted by Gasteiger charge is -2.36. The predicted octanol–water partition coefficient (Wildman–Crippen LogP) is 2.79. The molecule has 4 unspecified atom stereocenters. The summed E-state index contributed by atoms with van der Waals surface area (Å²) in [5, 5.41) is 3.08. The van der Waals surface area contributed by atoms with Crippen LogP contribution in [0.15, 0.2) is 48.6 Å². The van der Waals surface area contributed by atoms with Crippen LogP contribution < -0.4 is 10.4 Å². The quantitative estimate of drug-likeness (QED) is 0.660. The van der Waals surface area contributed by atoms with E-state index in [1.807, 2.05) is 0 Å². The van der Waals surface area contributed by atoms with E-state index in [0.717, 1.165) is 17.8 Å². The second kappa shape index (κ2) is 3.50. The van der Waals surface area contributed by atoms with Crippen LogP contribution >= 0.6 is 0 Å². The molecule has 19 heavy (non-hydrogen) atoms. The maximum Gasteiger partial charge on any atom is 0.00931 e. The van der Waals surface area contributed by atoms with Crippen molar-refractivity contribution in [3.8, 4) is 0 Å². The van der Waals surface area contributed by atoms with Crippen LogP contribution in [0.5, 0.6) is 0 Å². The van der Waals surface area contributed by atoms with Gasteiger partial charge in [-0.25, -0.2) is 0 Å². The summed E-state index contributed by atoms with van der Waals surface area (Å²) in [6, 6.07) is 9.12. The maximum atomic E-state index is 2.44. The van der Waals surface area contributed by atoms with Crippen LogP contribution in [0.2, 0.25) is 0 Å². The first-order valence-corrected chi connectivity index (χ1v) is 7.62. The van der Waals surface area contributed by atoms with Crippen LogP contribution in [0.1, 0.15) is 19.3 Å². The van der Waals surface area contributed by atoms with Gasteiger partial charge in [0.15, 0.2) is 0 Å². The molecule has 2 saturated carbocycles. The van der Waals surface area contributed by atoms with Gasteiger partial charge < -0.3 is 0 Å². The molecule has 5 rings (SSSR count). The molecule has 2 fully saturated rings. The fraction of sp³-hybridized carbons (Fsp3) is 0.368. The van der Waals surface area contributed by atoms with Gasteiger partial charge >= 0.3 is 0 Å². The molecule has 0 aromatic heterocycles. The molecule has 0 heterocycles. The van der Waals surface area contributed by atoms with E-state index < -0.39 is 0 Å². The lowest BCUT2D eigenvalue weighted by atomic mass is 9.68. The van der Waals surface area contributed by atoms with Gasteiger partial charge in [-0.3, -0.25) is 0 Å². The summed E-state index contributed by atoms with van der Waals surface area (Å²) in [7, 11) is 0. The molecule has 0 nitrogen and oxygen atoms in total. The summed E-state index contributed by atoms with van der Waals surface area (Å²) in [4.78, 5) is 0. The third-order valence-corrected chi connectivity index (χ3v) is 5.62. The highest BCUT2D eigenvalue weighted by atomic mass is 14.5. The normalized spacial score (nSPS) is 37.3. The van der Waals surface area contributed by atoms with Gasteiger partial charge in [0.1, 0.15) is 0 Å². The third-order valence-electron chi connectivity index (χ3n) is 5.62. The fourth-order valence-corrected chi connectivity index (χ4v) is 4.71. The minimum absolute atomic E-state index is 0.649. The van der Waals surface area contributed by atoms with Crippen molar-refractivity contribution in [2.45, 2.75) is 19.3 Å². The number of benzene rings is 1. The van der Waals surface area contributed by atoms with Crippen LogP contribution in [0.25, 0.3) is 11.1 Å². The molecule has 1 aromatic rings. The van der Waals surface area contributed by atoms with Crippen LogP contribution in [0, 0.1) is 23.7 Å². The van der Waals surface area contributed by atoms with Gasteiger partial charge in [0, 0.05) is 5.92 Å². The Labute approximate surface area is 113 Å². The molecule has 4 atom stereocenters.